The van der Waals surface area contributed by atoms with Gasteiger partial charge < -0.3 is 19.1 Å². The van der Waals surface area contributed by atoms with Crippen LogP contribution in [0.1, 0.15) is 39.3 Å². The Bertz CT molecular complexity index is 1020. The predicted octanol–water partition coefficient (Wildman–Crippen LogP) is 3.80. The van der Waals surface area contributed by atoms with Gasteiger partial charge in [0.2, 0.25) is 11.4 Å². The number of ether oxygens (including phenoxy) is 2. The van der Waals surface area contributed by atoms with Crippen LogP contribution in [0.5, 0.6) is 0 Å². The molecule has 0 bridgehead atoms. The van der Waals surface area contributed by atoms with Crippen molar-refractivity contribution in [3.8, 4) is 0 Å². The molecule has 1 N–H and O–H groups in total. The van der Waals surface area contributed by atoms with Crippen molar-refractivity contribution in [2.75, 3.05) is 20.3 Å². The van der Waals surface area contributed by atoms with E-state index in [0.29, 0.717) is 23.3 Å². The number of aliphatic hydroxyl groups is 1. The van der Waals surface area contributed by atoms with Gasteiger partial charge in [-0.25, -0.2) is 4.79 Å². The van der Waals surface area contributed by atoms with Crippen LogP contribution in [-0.2, 0) is 26.4 Å². The summed E-state index contributed by atoms with van der Waals surface area (Å²) < 4.78 is 12.5. The van der Waals surface area contributed by atoms with Crippen molar-refractivity contribution in [1.82, 2.24) is 4.57 Å². The largest absolute Gasteiger partial charge is 0.455 e. The SMILES string of the molecule is COCCCn1c(C)cc(C(=O)COC(=O)C(O)(c2ccccc2)c2ccccc2)c1C. The van der Waals surface area contributed by atoms with E-state index in [0.717, 1.165) is 24.4 Å². The van der Waals surface area contributed by atoms with Gasteiger partial charge >= 0.3 is 5.97 Å². The number of esters is 1. The lowest BCUT2D eigenvalue weighted by molar-refractivity contribution is -0.160. The number of aryl methyl sites for hydroxylation is 1. The molecule has 3 rings (SSSR count). The zero-order valence-electron chi connectivity index (χ0n) is 18.7. The molecule has 0 spiro atoms. The Morgan fingerprint density at radius 2 is 1.53 bits per heavy atom. The van der Waals surface area contributed by atoms with E-state index < -0.39 is 18.2 Å². The van der Waals surface area contributed by atoms with Crippen molar-refractivity contribution in [1.29, 1.82) is 0 Å². The molecule has 0 aliphatic rings. The molecular weight excluding hydrogens is 406 g/mol. The van der Waals surface area contributed by atoms with Crippen molar-refractivity contribution >= 4 is 11.8 Å². The highest BCUT2D eigenvalue weighted by molar-refractivity contribution is 6.00. The Morgan fingerprint density at radius 3 is 2.06 bits per heavy atom. The third-order valence-electron chi connectivity index (χ3n) is 5.62. The van der Waals surface area contributed by atoms with E-state index in [-0.39, 0.29) is 5.78 Å². The zero-order valence-corrected chi connectivity index (χ0v) is 18.7. The standard InChI is InChI=1S/C26H29NO5/c1-19-17-23(20(2)27(19)15-10-16-31-3)24(28)18-32-25(29)26(30,21-11-6-4-7-12-21)22-13-8-5-9-14-22/h4-9,11-14,17,30H,10,15-16,18H2,1-3H3. The number of carbonyl (C=O) groups excluding carboxylic acids is 2. The smallest absolute Gasteiger partial charge is 0.348 e. The van der Waals surface area contributed by atoms with Gasteiger partial charge in [0.15, 0.2) is 6.61 Å². The van der Waals surface area contributed by atoms with Gasteiger partial charge in [-0.15, -0.1) is 0 Å². The number of Topliss-reactive ketones (excluding diaryl/α,β-unsaturated/α-hetero) is 1. The molecule has 0 atom stereocenters. The highest BCUT2D eigenvalue weighted by Crippen LogP contribution is 2.31. The van der Waals surface area contributed by atoms with Gasteiger partial charge in [-0.05, 0) is 37.5 Å². The number of methoxy groups -OCH3 is 1. The van der Waals surface area contributed by atoms with Gasteiger partial charge in [-0.3, -0.25) is 4.79 Å². The maximum Gasteiger partial charge on any atom is 0.348 e. The molecule has 32 heavy (non-hydrogen) atoms. The van der Waals surface area contributed by atoms with E-state index in [1.54, 1.807) is 73.8 Å². The van der Waals surface area contributed by atoms with Crippen molar-refractivity contribution in [2.24, 2.45) is 0 Å². The van der Waals surface area contributed by atoms with E-state index in [4.69, 9.17) is 9.47 Å². The summed E-state index contributed by atoms with van der Waals surface area (Å²) in [6.45, 7) is 4.73. The van der Waals surface area contributed by atoms with Crippen LogP contribution in [-0.4, -0.2) is 41.7 Å². The lowest BCUT2D eigenvalue weighted by Crippen LogP contribution is -2.39. The third-order valence-corrected chi connectivity index (χ3v) is 5.62. The van der Waals surface area contributed by atoms with Crippen molar-refractivity contribution in [3.05, 3.63) is 94.8 Å². The second-order valence-corrected chi connectivity index (χ2v) is 7.72. The van der Waals surface area contributed by atoms with Gasteiger partial charge in [-0.1, -0.05) is 60.7 Å². The van der Waals surface area contributed by atoms with Gasteiger partial charge in [0.05, 0.1) is 0 Å². The first kappa shape index (κ1) is 23.4. The number of ketones is 1. The first-order chi connectivity index (χ1) is 15.4. The van der Waals surface area contributed by atoms with Crippen molar-refractivity contribution in [2.45, 2.75) is 32.4 Å². The topological polar surface area (TPSA) is 77.8 Å². The van der Waals surface area contributed by atoms with Crippen molar-refractivity contribution < 1.29 is 24.2 Å². The van der Waals surface area contributed by atoms with Gasteiger partial charge in [0.25, 0.3) is 0 Å². The van der Waals surface area contributed by atoms with Crippen LogP contribution in [0.25, 0.3) is 0 Å². The number of benzene rings is 2. The first-order valence-electron chi connectivity index (χ1n) is 10.6. The fourth-order valence-electron chi connectivity index (χ4n) is 3.87. The molecule has 0 aliphatic carbocycles. The monoisotopic (exact) mass is 435 g/mol. The highest BCUT2D eigenvalue weighted by Gasteiger charge is 2.42. The summed E-state index contributed by atoms with van der Waals surface area (Å²) in [6, 6.07) is 19.0. The predicted molar refractivity (Wildman–Crippen MR) is 122 cm³/mol. The minimum absolute atomic E-state index is 0.312. The van der Waals surface area contributed by atoms with E-state index in [2.05, 4.69) is 4.57 Å². The van der Waals surface area contributed by atoms with E-state index >= 15 is 0 Å². The molecule has 0 fully saturated rings. The van der Waals surface area contributed by atoms with Crippen LogP contribution in [0.4, 0.5) is 0 Å². The quantitative estimate of drug-likeness (QED) is 0.298. The zero-order chi connectivity index (χ0) is 23.1. The Hall–Kier alpha value is -3.22. The molecule has 168 valence electrons. The minimum atomic E-state index is -2.01. The average Bonchev–Trinajstić information content (AvgIpc) is 3.11. The Labute approximate surface area is 188 Å². The van der Waals surface area contributed by atoms with Crippen LogP contribution in [0, 0.1) is 13.8 Å². The Morgan fingerprint density at radius 1 is 0.969 bits per heavy atom. The lowest BCUT2D eigenvalue weighted by atomic mass is 9.86. The third kappa shape index (κ3) is 4.82. The highest BCUT2D eigenvalue weighted by atomic mass is 16.6. The number of aromatic nitrogens is 1. The molecule has 2 aromatic carbocycles. The van der Waals surface area contributed by atoms with Crippen molar-refractivity contribution in [3.63, 3.8) is 0 Å². The van der Waals surface area contributed by atoms with Crippen LogP contribution in [0.2, 0.25) is 0 Å². The summed E-state index contributed by atoms with van der Waals surface area (Å²) in [5.41, 5.74) is 1.02. The lowest BCUT2D eigenvalue weighted by Gasteiger charge is -2.26. The molecule has 0 unspecified atom stereocenters. The summed E-state index contributed by atoms with van der Waals surface area (Å²) >= 11 is 0. The average molecular weight is 436 g/mol. The second-order valence-electron chi connectivity index (χ2n) is 7.72. The molecule has 0 aliphatic heterocycles. The van der Waals surface area contributed by atoms with Crippen LogP contribution < -0.4 is 0 Å². The number of rotatable bonds is 10. The maximum absolute atomic E-state index is 13.1. The maximum atomic E-state index is 13.1. The molecule has 1 heterocycles. The van der Waals surface area contributed by atoms with Crippen LogP contribution in [0.15, 0.2) is 66.7 Å². The minimum Gasteiger partial charge on any atom is -0.455 e. The first-order valence-corrected chi connectivity index (χ1v) is 10.6. The van der Waals surface area contributed by atoms with Gasteiger partial charge in [-0.2, -0.15) is 0 Å². The molecular formula is C26H29NO5. The second kappa shape index (κ2) is 10.4. The fraction of sp³-hybridized carbons (Fsp3) is 0.308. The van der Waals surface area contributed by atoms with E-state index in [1.807, 2.05) is 13.8 Å². The Kier molecular flexibility index (Phi) is 7.62. The molecule has 0 amide bonds. The molecule has 6 nitrogen and oxygen atoms in total. The molecule has 6 heteroatoms. The summed E-state index contributed by atoms with van der Waals surface area (Å²) in [5.74, 6) is -1.20. The molecule has 3 aromatic rings. The fourth-order valence-corrected chi connectivity index (χ4v) is 3.87. The molecule has 0 saturated heterocycles. The van der Waals surface area contributed by atoms with Gasteiger partial charge in [0, 0.05) is 37.2 Å². The molecule has 1 aromatic heterocycles. The number of nitrogens with zero attached hydrogens (tertiary/aromatic N) is 1. The van der Waals surface area contributed by atoms with E-state index in [1.165, 1.54) is 0 Å². The Balaban J connectivity index is 1.79. The van der Waals surface area contributed by atoms with Crippen LogP contribution in [0.3, 0.4) is 0 Å². The van der Waals surface area contributed by atoms with E-state index in [9.17, 15) is 14.7 Å². The summed E-state index contributed by atoms with van der Waals surface area (Å²) in [5, 5.41) is 11.4. The summed E-state index contributed by atoms with van der Waals surface area (Å²) in [4.78, 5) is 26.0. The van der Waals surface area contributed by atoms with Crippen LogP contribution >= 0.6 is 0 Å². The van der Waals surface area contributed by atoms with Gasteiger partial charge in [0.1, 0.15) is 0 Å². The normalized spacial score (nSPS) is 11.4. The molecule has 0 saturated carbocycles. The number of hydrogen-bond donors (Lipinski definition) is 1. The summed E-state index contributed by atoms with van der Waals surface area (Å²) in [7, 11) is 1.66. The number of hydrogen-bond acceptors (Lipinski definition) is 5. The molecule has 0 radical (unpaired) electrons. The number of carbonyl (C=O) groups is 2. The summed E-state index contributed by atoms with van der Waals surface area (Å²) in [6.07, 6.45) is 0.830.